The third-order valence-electron chi connectivity index (χ3n) is 5.42. The van der Waals surface area contributed by atoms with Gasteiger partial charge in [-0.1, -0.05) is 23.4 Å². The van der Waals surface area contributed by atoms with E-state index in [2.05, 4.69) is 31.3 Å². The summed E-state index contributed by atoms with van der Waals surface area (Å²) in [6, 6.07) is 14.8. The number of nitriles is 1. The summed E-state index contributed by atoms with van der Waals surface area (Å²) in [4.78, 5) is 13.3. The van der Waals surface area contributed by atoms with Gasteiger partial charge in [0.25, 0.3) is 0 Å². The molecule has 3 aromatic heterocycles. The van der Waals surface area contributed by atoms with Gasteiger partial charge in [-0.25, -0.2) is 9.67 Å². The summed E-state index contributed by atoms with van der Waals surface area (Å²) in [5.41, 5.74) is 9.27. The Balaban J connectivity index is 1.55. The molecule has 0 aliphatic heterocycles. The molecule has 0 unspecified atom stereocenters. The highest BCUT2D eigenvalue weighted by Gasteiger charge is 2.37. The molecule has 5 rings (SSSR count). The first kappa shape index (κ1) is 18.1. The summed E-state index contributed by atoms with van der Waals surface area (Å²) in [6.45, 7) is 0.328. The largest absolute Gasteiger partial charge is 0.384 e. The van der Waals surface area contributed by atoms with Crippen molar-refractivity contribution in [3.8, 4) is 17.3 Å². The van der Waals surface area contributed by atoms with Crippen molar-refractivity contribution in [2.24, 2.45) is 0 Å². The van der Waals surface area contributed by atoms with Gasteiger partial charge in [0.1, 0.15) is 11.3 Å². The topological polar surface area (TPSA) is 139 Å². The van der Waals surface area contributed by atoms with Crippen molar-refractivity contribution in [3.05, 3.63) is 59.4 Å². The van der Waals surface area contributed by atoms with Crippen LogP contribution in [0.1, 0.15) is 36.2 Å². The Labute approximate surface area is 171 Å². The molecule has 1 aliphatic carbocycles. The Morgan fingerprint density at radius 2 is 1.97 bits per heavy atom. The van der Waals surface area contributed by atoms with Crippen LogP contribution in [0.25, 0.3) is 22.4 Å². The molecule has 0 radical (unpaired) electrons. The average Bonchev–Trinajstić information content (AvgIpc) is 3.14. The van der Waals surface area contributed by atoms with E-state index in [1.54, 1.807) is 22.9 Å². The van der Waals surface area contributed by atoms with Crippen LogP contribution in [0.5, 0.6) is 0 Å². The average molecular weight is 398 g/mol. The van der Waals surface area contributed by atoms with Gasteiger partial charge in [0.2, 0.25) is 5.95 Å². The van der Waals surface area contributed by atoms with E-state index in [9.17, 15) is 10.4 Å². The summed E-state index contributed by atoms with van der Waals surface area (Å²) < 4.78 is 1.61. The van der Waals surface area contributed by atoms with Gasteiger partial charge < -0.3 is 10.8 Å². The predicted octanol–water partition coefficient (Wildman–Crippen LogP) is 2.16. The van der Waals surface area contributed by atoms with E-state index in [0.717, 1.165) is 25.0 Å². The molecule has 0 amide bonds. The highest BCUT2D eigenvalue weighted by molar-refractivity contribution is 5.88. The molecule has 3 N–H and O–H groups in total. The van der Waals surface area contributed by atoms with Crippen molar-refractivity contribution in [1.82, 2.24) is 29.9 Å². The van der Waals surface area contributed by atoms with Crippen LogP contribution in [-0.2, 0) is 12.1 Å². The Morgan fingerprint density at radius 1 is 1.13 bits per heavy atom. The van der Waals surface area contributed by atoms with Crippen molar-refractivity contribution in [2.45, 2.75) is 31.4 Å². The fraction of sp³-hybridized carbons (Fsp3) is 0.238. The van der Waals surface area contributed by atoms with Crippen molar-refractivity contribution in [1.29, 1.82) is 5.26 Å². The van der Waals surface area contributed by atoms with E-state index in [-0.39, 0.29) is 5.95 Å². The molecule has 0 atom stereocenters. The first-order chi connectivity index (χ1) is 14.6. The van der Waals surface area contributed by atoms with E-state index in [1.165, 1.54) is 0 Å². The molecular weight excluding hydrogens is 380 g/mol. The van der Waals surface area contributed by atoms with Gasteiger partial charge in [0, 0.05) is 5.56 Å². The van der Waals surface area contributed by atoms with E-state index in [1.807, 2.05) is 24.3 Å². The summed E-state index contributed by atoms with van der Waals surface area (Å²) in [7, 11) is 0. The number of hydrogen-bond donors (Lipinski definition) is 2. The summed E-state index contributed by atoms with van der Waals surface area (Å²) in [6.07, 6.45) is 2.46. The molecule has 148 valence electrons. The van der Waals surface area contributed by atoms with Crippen LogP contribution in [-0.4, -0.2) is 35.1 Å². The van der Waals surface area contributed by atoms with Gasteiger partial charge in [0.05, 0.1) is 29.6 Å². The lowest BCUT2D eigenvalue weighted by atomic mass is 9.77. The molecule has 3 heterocycles. The second-order valence-electron chi connectivity index (χ2n) is 7.44. The zero-order valence-electron chi connectivity index (χ0n) is 16.0. The molecule has 1 aromatic carbocycles. The summed E-state index contributed by atoms with van der Waals surface area (Å²) in [5, 5.41) is 28.3. The number of aliphatic hydroxyl groups is 1. The number of nitrogens with two attached hydrogens (primary N) is 1. The SMILES string of the molecule is N#Cc1cccc(-c2nc(N)nc3c2nnn3Cc2cccc(C3(O)CCC3)n2)c1. The number of nitrogen functional groups attached to an aromatic ring is 1. The maximum atomic E-state index is 10.6. The summed E-state index contributed by atoms with van der Waals surface area (Å²) in [5.74, 6) is 0.0916. The Bertz CT molecular complexity index is 1300. The molecule has 0 bridgehead atoms. The lowest BCUT2D eigenvalue weighted by Crippen LogP contribution is -2.34. The van der Waals surface area contributed by atoms with Crippen LogP contribution in [0, 0.1) is 11.3 Å². The van der Waals surface area contributed by atoms with Gasteiger partial charge >= 0.3 is 0 Å². The first-order valence-corrected chi connectivity index (χ1v) is 9.62. The van der Waals surface area contributed by atoms with Crippen LogP contribution < -0.4 is 5.73 Å². The van der Waals surface area contributed by atoms with Crippen LogP contribution >= 0.6 is 0 Å². The van der Waals surface area contributed by atoms with E-state index in [0.29, 0.717) is 40.2 Å². The molecule has 1 aliphatic rings. The molecular formula is C21H18N8O. The normalized spacial score (nSPS) is 14.9. The molecule has 9 nitrogen and oxygen atoms in total. The molecule has 0 spiro atoms. The number of fused-ring (bicyclic) bond motifs is 1. The fourth-order valence-electron chi connectivity index (χ4n) is 3.66. The molecule has 30 heavy (non-hydrogen) atoms. The zero-order valence-corrected chi connectivity index (χ0v) is 16.0. The van der Waals surface area contributed by atoms with E-state index in [4.69, 9.17) is 5.73 Å². The third kappa shape index (κ3) is 3.03. The number of anilines is 1. The lowest BCUT2D eigenvalue weighted by molar-refractivity contribution is -0.0427. The minimum Gasteiger partial charge on any atom is -0.384 e. The standard InChI is InChI=1S/C21H18N8O/c22-11-13-4-1-5-14(10-13)17-18-19(26-20(23)25-17)29(28-27-18)12-15-6-2-7-16(24-15)21(30)8-3-9-21/h1-2,4-7,10,30H,3,8-9,12H2,(H2,23,25,26). The number of benzene rings is 1. The Morgan fingerprint density at radius 3 is 2.73 bits per heavy atom. The van der Waals surface area contributed by atoms with Gasteiger partial charge in [-0.05, 0) is 43.5 Å². The van der Waals surface area contributed by atoms with Crippen molar-refractivity contribution < 1.29 is 5.11 Å². The van der Waals surface area contributed by atoms with E-state index >= 15 is 0 Å². The predicted molar refractivity (Wildman–Crippen MR) is 109 cm³/mol. The Hall–Kier alpha value is -3.90. The maximum Gasteiger partial charge on any atom is 0.222 e. The van der Waals surface area contributed by atoms with Gasteiger partial charge in [-0.2, -0.15) is 10.2 Å². The number of aromatic nitrogens is 6. The quantitative estimate of drug-likeness (QED) is 0.533. The number of pyridine rings is 1. The smallest absolute Gasteiger partial charge is 0.222 e. The summed E-state index contributed by atoms with van der Waals surface area (Å²) >= 11 is 0. The first-order valence-electron chi connectivity index (χ1n) is 9.62. The van der Waals surface area contributed by atoms with Gasteiger partial charge in [0.15, 0.2) is 11.2 Å². The minimum absolute atomic E-state index is 0.0916. The van der Waals surface area contributed by atoms with Crippen LogP contribution in [0.3, 0.4) is 0 Å². The zero-order chi connectivity index (χ0) is 20.7. The third-order valence-corrected chi connectivity index (χ3v) is 5.42. The van der Waals surface area contributed by atoms with Crippen LogP contribution in [0.2, 0.25) is 0 Å². The highest BCUT2D eigenvalue weighted by Crippen LogP contribution is 2.40. The second kappa shape index (κ2) is 6.86. The fourth-order valence-corrected chi connectivity index (χ4v) is 3.66. The number of hydrogen-bond acceptors (Lipinski definition) is 8. The van der Waals surface area contributed by atoms with Crippen molar-refractivity contribution in [3.63, 3.8) is 0 Å². The second-order valence-corrected chi connectivity index (χ2v) is 7.44. The van der Waals surface area contributed by atoms with Crippen molar-refractivity contribution >= 4 is 17.1 Å². The molecule has 0 saturated heterocycles. The Kier molecular flexibility index (Phi) is 4.15. The van der Waals surface area contributed by atoms with Crippen molar-refractivity contribution in [2.75, 3.05) is 5.73 Å². The lowest BCUT2D eigenvalue weighted by Gasteiger charge is -2.36. The highest BCUT2D eigenvalue weighted by atomic mass is 16.3. The molecule has 9 heteroatoms. The molecule has 1 saturated carbocycles. The van der Waals surface area contributed by atoms with E-state index < -0.39 is 5.60 Å². The monoisotopic (exact) mass is 398 g/mol. The van der Waals surface area contributed by atoms with Crippen LogP contribution in [0.15, 0.2) is 42.5 Å². The molecule has 1 fully saturated rings. The van der Waals surface area contributed by atoms with Crippen LogP contribution in [0.4, 0.5) is 5.95 Å². The van der Waals surface area contributed by atoms with Gasteiger partial charge in [-0.15, -0.1) is 5.10 Å². The minimum atomic E-state index is -0.827. The number of rotatable bonds is 4. The van der Waals surface area contributed by atoms with Gasteiger partial charge in [-0.3, -0.25) is 4.98 Å². The maximum absolute atomic E-state index is 10.6. The number of nitrogens with zero attached hydrogens (tertiary/aromatic N) is 7. The molecule has 4 aromatic rings.